The molecule has 1 saturated heterocycles. The van der Waals surface area contributed by atoms with E-state index in [1.165, 1.54) is 0 Å². The van der Waals surface area contributed by atoms with Crippen molar-refractivity contribution < 1.29 is 9.13 Å². The highest BCUT2D eigenvalue weighted by Crippen LogP contribution is 2.30. The van der Waals surface area contributed by atoms with Crippen molar-refractivity contribution in [2.75, 3.05) is 26.7 Å². The number of nitrogens with zero attached hydrogens (tertiary/aromatic N) is 1. The second kappa shape index (κ2) is 6.20. The Morgan fingerprint density at radius 1 is 1.50 bits per heavy atom. The van der Waals surface area contributed by atoms with Gasteiger partial charge in [0.05, 0.1) is 5.60 Å². The lowest BCUT2D eigenvalue weighted by atomic mass is 9.92. The summed E-state index contributed by atoms with van der Waals surface area (Å²) >= 11 is 0. The molecule has 0 radical (unpaired) electrons. The van der Waals surface area contributed by atoms with Crippen molar-refractivity contribution in [3.8, 4) is 0 Å². The largest absolute Gasteiger partial charge is 0.377 e. The first-order valence-electron chi connectivity index (χ1n) is 7.24. The lowest BCUT2D eigenvalue weighted by molar-refractivity contribution is -0.0608. The van der Waals surface area contributed by atoms with Crippen molar-refractivity contribution >= 4 is 0 Å². The van der Waals surface area contributed by atoms with Gasteiger partial charge in [-0.2, -0.15) is 0 Å². The predicted molar refractivity (Wildman–Crippen MR) is 79.2 cm³/mol. The molecule has 0 saturated carbocycles. The summed E-state index contributed by atoms with van der Waals surface area (Å²) in [5, 5.41) is 0. The molecule has 4 heteroatoms. The summed E-state index contributed by atoms with van der Waals surface area (Å²) in [6.07, 6.45) is 2.13. The highest BCUT2D eigenvalue weighted by Gasteiger charge is 2.34. The summed E-state index contributed by atoms with van der Waals surface area (Å²) in [7, 11) is 1.76. The van der Waals surface area contributed by atoms with Crippen LogP contribution < -0.4 is 5.73 Å². The maximum absolute atomic E-state index is 13.8. The topological polar surface area (TPSA) is 38.5 Å². The number of likely N-dealkylation sites (tertiary alicyclic amines) is 1. The first kappa shape index (κ1) is 15.4. The smallest absolute Gasteiger partial charge is 0.126 e. The van der Waals surface area contributed by atoms with E-state index in [4.69, 9.17) is 10.5 Å². The third-order valence-corrected chi connectivity index (χ3v) is 4.43. The first-order chi connectivity index (χ1) is 9.49. The number of aryl methyl sites for hydroxylation is 1. The predicted octanol–water partition coefficient (Wildman–Crippen LogP) is 2.63. The van der Waals surface area contributed by atoms with E-state index in [1.807, 2.05) is 12.1 Å². The Hall–Kier alpha value is -0.970. The van der Waals surface area contributed by atoms with Crippen LogP contribution >= 0.6 is 0 Å². The van der Waals surface area contributed by atoms with Gasteiger partial charge in [-0.3, -0.25) is 4.90 Å². The Balaban J connectivity index is 2.21. The average molecular weight is 280 g/mol. The average Bonchev–Trinajstić information content (AvgIpc) is 2.44. The van der Waals surface area contributed by atoms with Crippen LogP contribution in [0.4, 0.5) is 4.39 Å². The van der Waals surface area contributed by atoms with Crippen LogP contribution in [-0.4, -0.2) is 37.2 Å². The van der Waals surface area contributed by atoms with Crippen molar-refractivity contribution in [3.05, 3.63) is 35.1 Å². The van der Waals surface area contributed by atoms with E-state index in [1.54, 1.807) is 20.1 Å². The highest BCUT2D eigenvalue weighted by atomic mass is 19.1. The monoisotopic (exact) mass is 280 g/mol. The van der Waals surface area contributed by atoms with Crippen molar-refractivity contribution in [2.24, 2.45) is 5.73 Å². The number of rotatable bonds is 4. The van der Waals surface area contributed by atoms with Crippen molar-refractivity contribution in [3.63, 3.8) is 0 Å². The Kier molecular flexibility index (Phi) is 4.78. The summed E-state index contributed by atoms with van der Waals surface area (Å²) in [5.41, 5.74) is 7.44. The van der Waals surface area contributed by atoms with Crippen molar-refractivity contribution in [1.29, 1.82) is 0 Å². The van der Waals surface area contributed by atoms with Gasteiger partial charge in [-0.15, -0.1) is 0 Å². The number of benzene rings is 1. The molecule has 2 rings (SSSR count). The summed E-state index contributed by atoms with van der Waals surface area (Å²) in [4.78, 5) is 2.32. The molecule has 2 atom stereocenters. The molecule has 0 spiro atoms. The standard InChI is InChI=1S/C16H25FN2O/c1-12-5-6-13(9-14(12)17)15(10-18)19-8-4-7-16(2,11-19)20-3/h5-6,9,15H,4,7-8,10-11,18H2,1-3H3. The van der Waals surface area contributed by atoms with E-state index in [-0.39, 0.29) is 17.5 Å². The first-order valence-corrected chi connectivity index (χ1v) is 7.24. The minimum Gasteiger partial charge on any atom is -0.377 e. The van der Waals surface area contributed by atoms with Crippen LogP contribution in [0.15, 0.2) is 18.2 Å². The van der Waals surface area contributed by atoms with Gasteiger partial charge in [-0.25, -0.2) is 4.39 Å². The van der Waals surface area contributed by atoms with Crippen LogP contribution in [0.1, 0.15) is 36.9 Å². The van der Waals surface area contributed by atoms with E-state index < -0.39 is 0 Å². The molecule has 0 amide bonds. The van der Waals surface area contributed by atoms with E-state index in [0.29, 0.717) is 12.1 Å². The third-order valence-electron chi connectivity index (χ3n) is 4.43. The molecule has 1 aliphatic rings. The minimum absolute atomic E-state index is 0.0554. The molecule has 2 N–H and O–H groups in total. The van der Waals surface area contributed by atoms with Gasteiger partial charge >= 0.3 is 0 Å². The Labute approximate surface area is 120 Å². The second-order valence-electron chi connectivity index (χ2n) is 5.99. The summed E-state index contributed by atoms with van der Waals surface area (Å²) in [6, 6.07) is 5.48. The Morgan fingerprint density at radius 2 is 2.25 bits per heavy atom. The minimum atomic E-state index is -0.160. The van der Waals surface area contributed by atoms with Crippen molar-refractivity contribution in [1.82, 2.24) is 4.90 Å². The van der Waals surface area contributed by atoms with E-state index in [9.17, 15) is 4.39 Å². The molecular weight excluding hydrogens is 255 g/mol. The van der Waals surface area contributed by atoms with Gasteiger partial charge < -0.3 is 10.5 Å². The fraction of sp³-hybridized carbons (Fsp3) is 0.625. The SMILES string of the molecule is COC1(C)CCCN(C(CN)c2ccc(C)c(F)c2)C1. The lowest BCUT2D eigenvalue weighted by Gasteiger charge is -2.43. The number of piperidine rings is 1. The highest BCUT2D eigenvalue weighted by molar-refractivity contribution is 5.26. The van der Waals surface area contributed by atoms with Gasteiger partial charge in [-0.05, 0) is 50.4 Å². The quantitative estimate of drug-likeness (QED) is 0.921. The molecule has 0 bridgehead atoms. The normalized spacial score (nSPS) is 25.6. The van der Waals surface area contributed by atoms with Gasteiger partial charge in [0.2, 0.25) is 0 Å². The molecule has 1 heterocycles. The van der Waals surface area contributed by atoms with E-state index >= 15 is 0 Å². The number of nitrogens with two attached hydrogens (primary N) is 1. The van der Waals surface area contributed by atoms with Crippen molar-refractivity contribution in [2.45, 2.75) is 38.3 Å². The molecule has 1 aromatic rings. The fourth-order valence-corrected chi connectivity index (χ4v) is 2.99. The number of methoxy groups -OCH3 is 1. The summed E-state index contributed by atoms with van der Waals surface area (Å²) < 4.78 is 19.4. The maximum Gasteiger partial charge on any atom is 0.126 e. The zero-order chi connectivity index (χ0) is 14.8. The summed E-state index contributed by atoms with van der Waals surface area (Å²) in [5.74, 6) is -0.160. The van der Waals surface area contributed by atoms with Crippen LogP contribution in [0.2, 0.25) is 0 Å². The number of hydrogen-bond acceptors (Lipinski definition) is 3. The number of halogens is 1. The van der Waals surface area contributed by atoms with Gasteiger partial charge in [0, 0.05) is 26.2 Å². The van der Waals surface area contributed by atoms with E-state index in [0.717, 1.165) is 31.5 Å². The molecule has 112 valence electrons. The number of ether oxygens (including phenoxy) is 1. The molecular formula is C16H25FN2O. The molecule has 1 aromatic carbocycles. The molecule has 3 nitrogen and oxygen atoms in total. The maximum atomic E-state index is 13.8. The van der Waals surface area contributed by atoms with Gasteiger partial charge in [-0.1, -0.05) is 12.1 Å². The van der Waals surface area contributed by atoms with Crippen LogP contribution in [0.5, 0.6) is 0 Å². The van der Waals surface area contributed by atoms with Crippen LogP contribution in [-0.2, 0) is 4.74 Å². The van der Waals surface area contributed by atoms with Gasteiger partial charge in [0.15, 0.2) is 0 Å². The molecule has 1 fully saturated rings. The van der Waals surface area contributed by atoms with Gasteiger partial charge in [0.25, 0.3) is 0 Å². The van der Waals surface area contributed by atoms with Crippen LogP contribution in [0.3, 0.4) is 0 Å². The number of hydrogen-bond donors (Lipinski definition) is 1. The fourth-order valence-electron chi connectivity index (χ4n) is 2.99. The molecule has 2 unspecified atom stereocenters. The Bertz CT molecular complexity index is 466. The molecule has 0 aliphatic carbocycles. The zero-order valence-electron chi connectivity index (χ0n) is 12.7. The molecule has 20 heavy (non-hydrogen) atoms. The summed E-state index contributed by atoms with van der Waals surface area (Å²) in [6.45, 7) is 6.21. The van der Waals surface area contributed by atoms with Crippen LogP contribution in [0, 0.1) is 12.7 Å². The lowest BCUT2D eigenvalue weighted by Crippen LogP contribution is -2.49. The third kappa shape index (κ3) is 3.19. The second-order valence-corrected chi connectivity index (χ2v) is 5.99. The zero-order valence-corrected chi connectivity index (χ0v) is 12.7. The Morgan fingerprint density at radius 3 is 2.85 bits per heavy atom. The molecule has 1 aliphatic heterocycles. The van der Waals surface area contributed by atoms with Crippen LogP contribution in [0.25, 0.3) is 0 Å². The van der Waals surface area contributed by atoms with Gasteiger partial charge in [0.1, 0.15) is 5.82 Å². The van der Waals surface area contributed by atoms with E-state index in [2.05, 4.69) is 11.8 Å². The molecule has 0 aromatic heterocycles.